The van der Waals surface area contributed by atoms with Crippen LogP contribution in [0.25, 0.3) is 10.2 Å². The molecule has 2 heterocycles. The molecule has 18 heavy (non-hydrogen) atoms. The number of halogens is 1. The van der Waals surface area contributed by atoms with Crippen LogP contribution in [0.2, 0.25) is 5.28 Å². The summed E-state index contributed by atoms with van der Waals surface area (Å²) < 4.78 is 0. The fourth-order valence-electron chi connectivity index (χ4n) is 1.44. The van der Waals surface area contributed by atoms with Crippen LogP contribution in [-0.2, 0) is 4.79 Å². The fourth-order valence-corrected chi connectivity index (χ4v) is 2.54. The first-order chi connectivity index (χ1) is 8.47. The average molecular weight is 287 g/mol. The lowest BCUT2D eigenvalue weighted by molar-refractivity contribution is -0.125. The zero-order valence-electron chi connectivity index (χ0n) is 9.48. The zero-order chi connectivity index (χ0) is 13.3. The van der Waals surface area contributed by atoms with Gasteiger partial charge < -0.3 is 16.2 Å². The molecule has 1 unspecified atom stereocenters. The number of rotatable bonds is 4. The van der Waals surface area contributed by atoms with Crippen molar-refractivity contribution < 1.29 is 9.90 Å². The maximum atomic E-state index is 10.7. The standard InChI is InChI=1S/C10H11ClN4O2S/c1-4-2-5-8(13-3-6(16)7(12)17)14-10(11)15-9(5)18-4/h2,6,16H,3H2,1H3,(H2,12,17)(H,13,14,15). The third-order valence-corrected chi connectivity index (χ3v) is 3.39. The van der Waals surface area contributed by atoms with E-state index in [9.17, 15) is 9.90 Å². The third kappa shape index (κ3) is 2.69. The van der Waals surface area contributed by atoms with Crippen molar-refractivity contribution in [2.75, 3.05) is 11.9 Å². The quantitative estimate of drug-likeness (QED) is 0.725. The number of nitrogens with zero attached hydrogens (tertiary/aromatic N) is 2. The van der Waals surface area contributed by atoms with E-state index >= 15 is 0 Å². The molecule has 4 N–H and O–H groups in total. The second-order valence-electron chi connectivity index (χ2n) is 3.72. The third-order valence-electron chi connectivity index (χ3n) is 2.28. The number of hydrogen-bond acceptors (Lipinski definition) is 6. The van der Waals surface area contributed by atoms with Crippen LogP contribution < -0.4 is 11.1 Å². The normalized spacial score (nSPS) is 12.6. The van der Waals surface area contributed by atoms with Gasteiger partial charge in [0.05, 0.1) is 11.9 Å². The lowest BCUT2D eigenvalue weighted by atomic mass is 10.3. The van der Waals surface area contributed by atoms with Gasteiger partial charge in [0.15, 0.2) is 0 Å². The number of nitrogens with two attached hydrogens (primary N) is 1. The summed E-state index contributed by atoms with van der Waals surface area (Å²) >= 11 is 7.29. The lowest BCUT2D eigenvalue weighted by Crippen LogP contribution is -2.34. The van der Waals surface area contributed by atoms with Crippen LogP contribution in [0.3, 0.4) is 0 Å². The molecule has 8 heteroatoms. The van der Waals surface area contributed by atoms with Gasteiger partial charge in [-0.3, -0.25) is 4.79 Å². The van der Waals surface area contributed by atoms with Crippen molar-refractivity contribution in [1.82, 2.24) is 9.97 Å². The molecule has 0 bridgehead atoms. The number of primary amides is 1. The molecular formula is C10H11ClN4O2S. The van der Waals surface area contributed by atoms with Gasteiger partial charge in [-0.1, -0.05) is 0 Å². The van der Waals surface area contributed by atoms with Crippen LogP contribution in [0.1, 0.15) is 4.88 Å². The molecule has 0 aliphatic carbocycles. The van der Waals surface area contributed by atoms with Crippen molar-refractivity contribution >= 4 is 44.9 Å². The van der Waals surface area contributed by atoms with E-state index in [0.29, 0.717) is 5.82 Å². The number of carbonyl (C=O) groups excluding carboxylic acids is 1. The van der Waals surface area contributed by atoms with Gasteiger partial charge in [0.1, 0.15) is 16.8 Å². The second-order valence-corrected chi connectivity index (χ2v) is 5.29. The lowest BCUT2D eigenvalue weighted by Gasteiger charge is -2.09. The summed E-state index contributed by atoms with van der Waals surface area (Å²) in [6.07, 6.45) is -1.27. The molecule has 0 aliphatic rings. The minimum Gasteiger partial charge on any atom is -0.381 e. The smallest absolute Gasteiger partial charge is 0.248 e. The molecule has 1 amide bonds. The van der Waals surface area contributed by atoms with Crippen LogP contribution in [0.4, 0.5) is 5.82 Å². The Bertz CT molecular complexity index is 601. The number of aliphatic hydroxyl groups excluding tert-OH is 1. The number of carbonyl (C=O) groups is 1. The number of hydrogen-bond donors (Lipinski definition) is 3. The maximum Gasteiger partial charge on any atom is 0.248 e. The molecule has 0 saturated carbocycles. The summed E-state index contributed by atoms with van der Waals surface area (Å²) in [6.45, 7) is 1.93. The first kappa shape index (κ1) is 13.0. The van der Waals surface area contributed by atoms with Crippen LogP contribution >= 0.6 is 22.9 Å². The molecule has 0 aliphatic heterocycles. The molecule has 6 nitrogen and oxygen atoms in total. The molecule has 0 radical (unpaired) electrons. The number of thiophene rings is 1. The van der Waals surface area contributed by atoms with Crippen LogP contribution in [0.5, 0.6) is 0 Å². The van der Waals surface area contributed by atoms with Crippen molar-refractivity contribution in [3.63, 3.8) is 0 Å². The summed E-state index contributed by atoms with van der Waals surface area (Å²) in [5.41, 5.74) is 4.96. The first-order valence-electron chi connectivity index (χ1n) is 5.12. The van der Waals surface area contributed by atoms with E-state index in [0.717, 1.165) is 15.1 Å². The van der Waals surface area contributed by atoms with E-state index in [-0.39, 0.29) is 11.8 Å². The van der Waals surface area contributed by atoms with Crippen molar-refractivity contribution in [2.45, 2.75) is 13.0 Å². The van der Waals surface area contributed by atoms with E-state index in [1.54, 1.807) is 0 Å². The molecule has 1 atom stereocenters. The molecule has 2 aromatic heterocycles. The van der Waals surface area contributed by atoms with E-state index in [1.165, 1.54) is 11.3 Å². The van der Waals surface area contributed by atoms with Crippen molar-refractivity contribution in [3.8, 4) is 0 Å². The van der Waals surface area contributed by atoms with Gasteiger partial charge in [0, 0.05) is 4.88 Å². The van der Waals surface area contributed by atoms with Gasteiger partial charge in [-0.15, -0.1) is 11.3 Å². The maximum absolute atomic E-state index is 10.7. The average Bonchev–Trinajstić information content (AvgIpc) is 2.65. The highest BCUT2D eigenvalue weighted by Crippen LogP contribution is 2.29. The van der Waals surface area contributed by atoms with Gasteiger partial charge >= 0.3 is 0 Å². The number of aromatic nitrogens is 2. The zero-order valence-corrected chi connectivity index (χ0v) is 11.0. The summed E-state index contributed by atoms with van der Waals surface area (Å²) in [5.74, 6) is -0.310. The molecule has 96 valence electrons. The highest BCUT2D eigenvalue weighted by atomic mass is 35.5. The largest absolute Gasteiger partial charge is 0.381 e. The first-order valence-corrected chi connectivity index (χ1v) is 6.31. The Morgan fingerprint density at radius 3 is 3.06 bits per heavy atom. The molecule has 0 saturated heterocycles. The fraction of sp³-hybridized carbons (Fsp3) is 0.300. The predicted molar refractivity (Wildman–Crippen MR) is 70.9 cm³/mol. The Kier molecular flexibility index (Phi) is 3.65. The Labute approximate surface area is 112 Å². The van der Waals surface area contributed by atoms with Gasteiger partial charge in [0.25, 0.3) is 0 Å². The van der Waals surface area contributed by atoms with Crippen molar-refractivity contribution in [2.24, 2.45) is 5.73 Å². The van der Waals surface area contributed by atoms with E-state index in [1.807, 2.05) is 13.0 Å². The molecular weight excluding hydrogens is 276 g/mol. The number of fused-ring (bicyclic) bond motifs is 1. The molecule has 0 fully saturated rings. The van der Waals surface area contributed by atoms with Crippen molar-refractivity contribution in [1.29, 1.82) is 0 Å². The predicted octanol–water partition coefficient (Wildman–Crippen LogP) is 0.911. The topological polar surface area (TPSA) is 101 Å². The second kappa shape index (κ2) is 5.05. The van der Waals surface area contributed by atoms with E-state index in [4.69, 9.17) is 17.3 Å². The Balaban J connectivity index is 2.29. The highest BCUT2D eigenvalue weighted by Gasteiger charge is 2.13. The molecule has 0 spiro atoms. The highest BCUT2D eigenvalue weighted by molar-refractivity contribution is 7.18. The Morgan fingerprint density at radius 1 is 1.67 bits per heavy atom. The van der Waals surface area contributed by atoms with Crippen LogP contribution in [0, 0.1) is 6.92 Å². The van der Waals surface area contributed by atoms with Gasteiger partial charge in [-0.2, -0.15) is 0 Å². The van der Waals surface area contributed by atoms with Gasteiger partial charge in [-0.25, -0.2) is 9.97 Å². The minimum absolute atomic E-state index is 0.0212. The molecule has 2 rings (SSSR count). The van der Waals surface area contributed by atoms with E-state index in [2.05, 4.69) is 15.3 Å². The van der Waals surface area contributed by atoms with Crippen molar-refractivity contribution in [3.05, 3.63) is 16.2 Å². The number of amides is 1. The number of aliphatic hydroxyl groups is 1. The molecule has 0 aromatic carbocycles. The summed E-state index contributed by atoms with van der Waals surface area (Å²) in [6, 6.07) is 1.91. The van der Waals surface area contributed by atoms with Gasteiger partial charge in [0.2, 0.25) is 11.2 Å². The van der Waals surface area contributed by atoms with Crippen LogP contribution in [0.15, 0.2) is 6.07 Å². The number of nitrogens with one attached hydrogen (secondary N) is 1. The van der Waals surface area contributed by atoms with Crippen LogP contribution in [-0.4, -0.2) is 33.6 Å². The number of anilines is 1. The Hall–Kier alpha value is -1.44. The summed E-state index contributed by atoms with van der Waals surface area (Å²) in [7, 11) is 0. The van der Waals surface area contributed by atoms with Gasteiger partial charge in [-0.05, 0) is 24.6 Å². The Morgan fingerprint density at radius 2 is 2.39 bits per heavy atom. The van der Waals surface area contributed by atoms with E-state index < -0.39 is 12.0 Å². The molecule has 2 aromatic rings. The monoisotopic (exact) mass is 286 g/mol. The summed E-state index contributed by atoms with van der Waals surface area (Å²) in [5, 5.41) is 13.1. The number of aryl methyl sites for hydroxylation is 1. The SMILES string of the molecule is Cc1cc2c(NCC(O)C(N)=O)nc(Cl)nc2s1. The minimum atomic E-state index is -1.27. The summed E-state index contributed by atoms with van der Waals surface area (Å²) in [4.78, 5) is 20.7.